The Kier molecular flexibility index (Phi) is 7.04. The monoisotopic (exact) mass is 547 g/mol. The molecule has 3 aromatic rings. The molecule has 4 rings (SSSR count). The molecule has 1 fully saturated rings. The highest BCUT2D eigenvalue weighted by molar-refractivity contribution is 9.10. The summed E-state index contributed by atoms with van der Waals surface area (Å²) in [6, 6.07) is 14.2. The molecule has 1 heterocycles. The number of hydrogen-bond donors (Lipinski definition) is 1. The number of rotatable bonds is 9. The number of aromatic nitrogens is 4. The second kappa shape index (κ2) is 9.66. The molecule has 0 aliphatic heterocycles. The van der Waals surface area contributed by atoms with E-state index in [4.69, 9.17) is 16.3 Å². The van der Waals surface area contributed by atoms with Gasteiger partial charge in [0.2, 0.25) is 11.7 Å². The van der Waals surface area contributed by atoms with Crippen LogP contribution in [0.3, 0.4) is 0 Å². The third-order valence-electron chi connectivity index (χ3n) is 5.68. The fraction of sp³-hybridized carbons (Fsp3) is 0.391. The highest BCUT2D eigenvalue weighted by atomic mass is 79.9. The summed E-state index contributed by atoms with van der Waals surface area (Å²) in [6.07, 6.45) is 1.60. The Morgan fingerprint density at radius 3 is 2.73 bits per heavy atom. The molecule has 0 atom stereocenters. The Morgan fingerprint density at radius 1 is 1.24 bits per heavy atom. The normalized spacial score (nSPS) is 14.8. The maximum atomic E-state index is 13.1. The van der Waals surface area contributed by atoms with Gasteiger partial charge in [-0.1, -0.05) is 59.3 Å². The van der Waals surface area contributed by atoms with E-state index in [-0.39, 0.29) is 12.6 Å². The van der Waals surface area contributed by atoms with E-state index in [1.54, 1.807) is 0 Å². The summed E-state index contributed by atoms with van der Waals surface area (Å²) >= 11 is 9.70. The molecule has 7 nitrogen and oxygen atoms in total. The van der Waals surface area contributed by atoms with Gasteiger partial charge < -0.3 is 10.1 Å². The van der Waals surface area contributed by atoms with Crippen molar-refractivity contribution in [3.8, 4) is 11.4 Å². The molecule has 1 aromatic heterocycles. The first-order chi connectivity index (χ1) is 15.7. The zero-order valence-corrected chi connectivity index (χ0v) is 22.3. The van der Waals surface area contributed by atoms with Crippen LogP contribution in [0.15, 0.2) is 46.9 Å². The molecule has 33 heavy (non-hydrogen) atoms. The first kappa shape index (κ1) is 24.1. The van der Waals surface area contributed by atoms with E-state index in [9.17, 15) is 4.79 Å². The minimum atomic E-state index is -1.14. The molecular weight excluding hydrogens is 522 g/mol. The van der Waals surface area contributed by atoms with Crippen molar-refractivity contribution in [3.05, 3.63) is 57.5 Å². The SMILES string of the molecule is C[Si](C)(C)CCOCn1nnc(-c2cc(NC(=O)C3(c4cccc(Cl)c4)CC3)ccc2Br)n1. The van der Waals surface area contributed by atoms with Crippen molar-refractivity contribution in [2.75, 3.05) is 11.9 Å². The summed E-state index contributed by atoms with van der Waals surface area (Å²) in [5.41, 5.74) is 1.85. The summed E-state index contributed by atoms with van der Waals surface area (Å²) < 4.78 is 6.52. The number of hydrogen-bond acceptors (Lipinski definition) is 5. The summed E-state index contributed by atoms with van der Waals surface area (Å²) in [6.45, 7) is 7.88. The minimum Gasteiger partial charge on any atom is -0.358 e. The molecule has 1 aliphatic rings. The van der Waals surface area contributed by atoms with Crippen LogP contribution < -0.4 is 5.32 Å². The fourth-order valence-electron chi connectivity index (χ4n) is 3.51. The van der Waals surface area contributed by atoms with E-state index >= 15 is 0 Å². The van der Waals surface area contributed by atoms with Gasteiger partial charge in [0.15, 0.2) is 6.73 Å². The number of carbonyl (C=O) groups is 1. The van der Waals surface area contributed by atoms with Gasteiger partial charge in [0.25, 0.3) is 0 Å². The first-order valence-corrected chi connectivity index (χ1v) is 15.8. The standard InChI is InChI=1S/C23H27BrClN5O2Si/c1-33(2,3)12-11-32-15-30-28-21(27-29-30)19-14-18(7-8-20(19)24)26-22(31)23(9-10-23)16-5-4-6-17(25)13-16/h4-8,13-14H,9-12,15H2,1-3H3,(H,26,31). The third kappa shape index (κ3) is 5.89. The number of nitrogens with zero attached hydrogens (tertiary/aromatic N) is 4. The van der Waals surface area contributed by atoms with Gasteiger partial charge in [-0.05, 0) is 60.0 Å². The zero-order valence-electron chi connectivity index (χ0n) is 18.9. The van der Waals surface area contributed by atoms with Crippen LogP contribution in [-0.2, 0) is 21.7 Å². The number of tetrazole rings is 1. The Bertz CT molecular complexity index is 1160. The maximum Gasteiger partial charge on any atom is 0.235 e. The summed E-state index contributed by atoms with van der Waals surface area (Å²) in [4.78, 5) is 14.6. The Hall–Kier alpha value is -2.07. The second-order valence-electron chi connectivity index (χ2n) is 9.57. The molecule has 0 spiro atoms. The smallest absolute Gasteiger partial charge is 0.235 e. The summed E-state index contributed by atoms with van der Waals surface area (Å²) in [5.74, 6) is 0.424. The lowest BCUT2D eigenvalue weighted by atomic mass is 9.95. The van der Waals surface area contributed by atoms with Gasteiger partial charge in [-0.15, -0.1) is 15.0 Å². The van der Waals surface area contributed by atoms with Crippen LogP contribution in [0.4, 0.5) is 5.69 Å². The van der Waals surface area contributed by atoms with Crippen molar-refractivity contribution in [1.29, 1.82) is 0 Å². The van der Waals surface area contributed by atoms with Crippen LogP contribution in [0, 0.1) is 0 Å². The summed E-state index contributed by atoms with van der Waals surface area (Å²) in [7, 11) is -1.14. The van der Waals surface area contributed by atoms with Gasteiger partial charge in [0.05, 0.1) is 5.41 Å². The van der Waals surface area contributed by atoms with E-state index in [0.29, 0.717) is 23.1 Å². The van der Waals surface area contributed by atoms with Crippen molar-refractivity contribution in [1.82, 2.24) is 20.2 Å². The molecule has 2 aromatic carbocycles. The summed E-state index contributed by atoms with van der Waals surface area (Å²) in [5, 5.41) is 16.4. The molecule has 0 bridgehead atoms. The van der Waals surface area contributed by atoms with E-state index in [1.807, 2.05) is 42.5 Å². The van der Waals surface area contributed by atoms with E-state index in [2.05, 4.69) is 56.3 Å². The molecule has 1 amide bonds. The molecular formula is C23H27BrClN5O2Si. The van der Waals surface area contributed by atoms with Crippen molar-refractivity contribution < 1.29 is 9.53 Å². The largest absolute Gasteiger partial charge is 0.358 e. The topological polar surface area (TPSA) is 81.9 Å². The number of nitrogens with one attached hydrogen (secondary N) is 1. The van der Waals surface area contributed by atoms with Crippen molar-refractivity contribution in [3.63, 3.8) is 0 Å². The number of ether oxygens (including phenoxy) is 1. The van der Waals surface area contributed by atoms with Gasteiger partial charge in [0.1, 0.15) is 0 Å². The van der Waals surface area contributed by atoms with Gasteiger partial charge in [-0.25, -0.2) is 0 Å². The molecule has 174 valence electrons. The molecule has 10 heteroatoms. The van der Waals surface area contributed by atoms with Gasteiger partial charge in [-0.2, -0.15) is 0 Å². The van der Waals surface area contributed by atoms with Crippen LogP contribution in [0.5, 0.6) is 0 Å². The lowest BCUT2D eigenvalue weighted by Gasteiger charge is -2.16. The number of carbonyl (C=O) groups excluding carboxylic acids is 1. The second-order valence-corrected chi connectivity index (χ2v) is 16.5. The predicted octanol–water partition coefficient (Wildman–Crippen LogP) is 5.74. The van der Waals surface area contributed by atoms with Crippen LogP contribution in [-0.4, -0.2) is 40.8 Å². The molecule has 0 unspecified atom stereocenters. The molecule has 0 saturated heterocycles. The highest BCUT2D eigenvalue weighted by Gasteiger charge is 2.51. The Labute approximate surface area is 208 Å². The quantitative estimate of drug-likeness (QED) is 0.272. The zero-order chi connectivity index (χ0) is 23.6. The van der Waals surface area contributed by atoms with Crippen LogP contribution in [0.1, 0.15) is 18.4 Å². The number of halogens is 2. The molecule has 0 radical (unpaired) electrons. The van der Waals surface area contributed by atoms with E-state index < -0.39 is 13.5 Å². The lowest BCUT2D eigenvalue weighted by Crippen LogP contribution is -2.27. The lowest BCUT2D eigenvalue weighted by molar-refractivity contribution is -0.118. The van der Waals surface area contributed by atoms with Crippen molar-refractivity contribution >= 4 is 47.2 Å². The van der Waals surface area contributed by atoms with Crippen molar-refractivity contribution in [2.24, 2.45) is 0 Å². The maximum absolute atomic E-state index is 13.1. The fourth-order valence-corrected chi connectivity index (χ4v) is 4.88. The number of amides is 1. The first-order valence-electron chi connectivity index (χ1n) is 10.9. The average Bonchev–Trinajstić information content (AvgIpc) is 3.44. The van der Waals surface area contributed by atoms with Crippen LogP contribution >= 0.6 is 27.5 Å². The molecule has 1 aliphatic carbocycles. The number of anilines is 1. The van der Waals surface area contributed by atoms with Gasteiger partial charge >= 0.3 is 0 Å². The predicted molar refractivity (Wildman–Crippen MR) is 136 cm³/mol. The minimum absolute atomic E-state index is 0.0366. The van der Waals surface area contributed by atoms with Gasteiger partial charge in [-0.3, -0.25) is 4.79 Å². The third-order valence-corrected chi connectivity index (χ3v) is 8.31. The number of benzene rings is 2. The van der Waals surface area contributed by atoms with Crippen molar-refractivity contribution in [2.45, 2.75) is 50.7 Å². The highest BCUT2D eigenvalue weighted by Crippen LogP contribution is 2.49. The van der Waals surface area contributed by atoms with Gasteiger partial charge in [0, 0.05) is 35.4 Å². The van der Waals surface area contributed by atoms with Crippen LogP contribution in [0.25, 0.3) is 11.4 Å². The van der Waals surface area contributed by atoms with E-state index in [1.165, 1.54) is 4.80 Å². The molecule has 1 saturated carbocycles. The van der Waals surface area contributed by atoms with Crippen LogP contribution in [0.2, 0.25) is 30.7 Å². The average molecular weight is 549 g/mol. The molecule has 1 N–H and O–H groups in total. The Balaban J connectivity index is 1.44. The van der Waals surface area contributed by atoms with E-state index in [0.717, 1.165) is 34.5 Å². The Morgan fingerprint density at radius 2 is 2.03 bits per heavy atom.